The lowest BCUT2D eigenvalue weighted by atomic mass is 10.0. The molecule has 1 aromatic heterocycles. The molecule has 1 aliphatic rings. The van der Waals surface area contributed by atoms with Gasteiger partial charge in [0.15, 0.2) is 5.76 Å². The van der Waals surface area contributed by atoms with Crippen molar-refractivity contribution < 1.29 is 13.9 Å². The summed E-state index contributed by atoms with van der Waals surface area (Å²) in [6.07, 6.45) is 8.17. The average molecular weight is 417 g/mol. The van der Waals surface area contributed by atoms with E-state index in [1.54, 1.807) is 26.3 Å². The maximum Gasteiger partial charge on any atom is 0.158 e. The van der Waals surface area contributed by atoms with Gasteiger partial charge in [0.05, 0.1) is 24.7 Å². The van der Waals surface area contributed by atoms with Crippen molar-refractivity contribution in [3.63, 3.8) is 0 Å². The topological polar surface area (TPSA) is 75.9 Å². The molecule has 30 heavy (non-hydrogen) atoms. The van der Waals surface area contributed by atoms with E-state index in [2.05, 4.69) is 33.6 Å². The summed E-state index contributed by atoms with van der Waals surface area (Å²) in [5.41, 5.74) is 1.31. The monoisotopic (exact) mass is 416 g/mol. The Morgan fingerprint density at radius 1 is 1.50 bits per heavy atom. The highest BCUT2D eigenvalue weighted by Gasteiger charge is 2.53. The Morgan fingerprint density at radius 2 is 2.23 bits per heavy atom. The Bertz CT molecular complexity index is 791. The number of allylic oxidation sites excluding steroid dienone is 3. The van der Waals surface area contributed by atoms with E-state index in [0.29, 0.717) is 30.3 Å². The standard InChI is InChI=1S/C16H24N2O2.C7H9FN2/c1-5-8-16(9-13(16)11-19)12-20-15(10-18-7-3)14(6-2)17-4;1-5-3-7(9-2)10-4-6(5)8/h5,10-11,13H,1,4,6-9,12H2,2-3H3;3-4H,1-2H3,(H,9,10)/b15-14+,18-10?;/t13?,16-;/m1./s1. The molecule has 1 N–H and O–H groups in total. The lowest BCUT2D eigenvalue weighted by molar-refractivity contribution is -0.109. The number of rotatable bonds is 11. The molecule has 1 aliphatic carbocycles. The molecule has 7 heteroatoms. The van der Waals surface area contributed by atoms with Gasteiger partial charge in [0.1, 0.15) is 17.9 Å². The number of hydrogen-bond acceptors (Lipinski definition) is 6. The highest BCUT2D eigenvalue weighted by Crippen LogP contribution is 2.54. The first kappa shape index (κ1) is 25.2. The Labute approximate surface area is 179 Å². The van der Waals surface area contributed by atoms with Crippen molar-refractivity contribution >= 4 is 25.0 Å². The zero-order chi connectivity index (χ0) is 22.6. The van der Waals surface area contributed by atoms with Crippen LogP contribution >= 0.6 is 0 Å². The number of carbonyl (C=O) groups is 1. The smallest absolute Gasteiger partial charge is 0.158 e. The van der Waals surface area contributed by atoms with Crippen LogP contribution in [0.4, 0.5) is 10.2 Å². The third-order valence-electron chi connectivity index (χ3n) is 4.99. The molecule has 1 fully saturated rings. The third-order valence-corrected chi connectivity index (χ3v) is 4.99. The molecule has 1 saturated carbocycles. The summed E-state index contributed by atoms with van der Waals surface area (Å²) in [5, 5.41) is 2.82. The molecule has 1 aromatic rings. The number of anilines is 1. The molecule has 0 aromatic carbocycles. The van der Waals surface area contributed by atoms with Crippen LogP contribution < -0.4 is 5.32 Å². The van der Waals surface area contributed by atoms with E-state index in [1.807, 2.05) is 19.9 Å². The van der Waals surface area contributed by atoms with E-state index in [0.717, 1.165) is 31.2 Å². The second-order valence-electron chi connectivity index (χ2n) is 7.11. The summed E-state index contributed by atoms with van der Waals surface area (Å²) in [6.45, 7) is 14.2. The minimum Gasteiger partial charge on any atom is -0.489 e. The fourth-order valence-electron chi connectivity index (χ4n) is 2.95. The molecule has 2 atom stereocenters. The number of aldehydes is 1. The normalized spacial score (nSPS) is 20.5. The van der Waals surface area contributed by atoms with Crippen LogP contribution in [0, 0.1) is 24.1 Å². The number of halogens is 1. The van der Waals surface area contributed by atoms with E-state index >= 15 is 0 Å². The minimum atomic E-state index is -0.265. The fraction of sp³-hybridized carbons (Fsp3) is 0.478. The van der Waals surface area contributed by atoms with Gasteiger partial charge in [-0.25, -0.2) is 9.37 Å². The highest BCUT2D eigenvalue weighted by atomic mass is 19.1. The van der Waals surface area contributed by atoms with Gasteiger partial charge in [0.25, 0.3) is 0 Å². The van der Waals surface area contributed by atoms with Gasteiger partial charge in [0.2, 0.25) is 0 Å². The van der Waals surface area contributed by atoms with Crippen molar-refractivity contribution in [3.8, 4) is 0 Å². The van der Waals surface area contributed by atoms with Gasteiger partial charge in [-0.1, -0.05) is 13.0 Å². The summed E-state index contributed by atoms with van der Waals surface area (Å²) in [6, 6.07) is 1.66. The lowest BCUT2D eigenvalue weighted by Crippen LogP contribution is -2.14. The van der Waals surface area contributed by atoms with Gasteiger partial charge in [-0.3, -0.25) is 9.98 Å². The summed E-state index contributed by atoms with van der Waals surface area (Å²) >= 11 is 0. The van der Waals surface area contributed by atoms with E-state index in [4.69, 9.17) is 4.74 Å². The van der Waals surface area contributed by atoms with E-state index in [1.165, 1.54) is 6.20 Å². The van der Waals surface area contributed by atoms with Crippen LogP contribution in [0.15, 0.2) is 46.4 Å². The molecule has 6 nitrogen and oxygen atoms in total. The van der Waals surface area contributed by atoms with Crippen LogP contribution in [0.3, 0.4) is 0 Å². The van der Waals surface area contributed by atoms with Crippen molar-refractivity contribution in [1.29, 1.82) is 0 Å². The summed E-state index contributed by atoms with van der Waals surface area (Å²) in [4.78, 5) is 22.9. The summed E-state index contributed by atoms with van der Waals surface area (Å²) < 4.78 is 18.4. The van der Waals surface area contributed by atoms with E-state index in [9.17, 15) is 9.18 Å². The molecule has 0 spiro atoms. The van der Waals surface area contributed by atoms with Crippen molar-refractivity contribution in [3.05, 3.63) is 47.8 Å². The molecule has 1 heterocycles. The second kappa shape index (κ2) is 12.7. The Morgan fingerprint density at radius 3 is 2.70 bits per heavy atom. The van der Waals surface area contributed by atoms with Crippen molar-refractivity contribution in [2.45, 2.75) is 40.0 Å². The first-order valence-corrected chi connectivity index (χ1v) is 10.1. The number of aliphatic imine (C=N–C) groups is 2. The zero-order valence-corrected chi connectivity index (χ0v) is 18.4. The van der Waals surface area contributed by atoms with Gasteiger partial charge >= 0.3 is 0 Å². The maximum absolute atomic E-state index is 12.5. The van der Waals surface area contributed by atoms with Gasteiger partial charge in [-0.15, -0.1) is 6.58 Å². The minimum absolute atomic E-state index is 0.0756. The van der Waals surface area contributed by atoms with Crippen LogP contribution in [0.5, 0.6) is 0 Å². The molecule has 0 saturated heterocycles. The number of nitrogens with one attached hydrogen (secondary N) is 1. The van der Waals surface area contributed by atoms with Gasteiger partial charge < -0.3 is 14.8 Å². The molecule has 1 unspecified atom stereocenters. The fourth-order valence-corrected chi connectivity index (χ4v) is 2.95. The Balaban J connectivity index is 0.000000375. The molecule has 164 valence electrons. The molecule has 0 radical (unpaired) electrons. The molecule has 0 aliphatic heterocycles. The van der Waals surface area contributed by atoms with Gasteiger partial charge in [-0.2, -0.15) is 0 Å². The van der Waals surface area contributed by atoms with Crippen LogP contribution in [0.1, 0.15) is 38.7 Å². The number of hydrogen-bond donors (Lipinski definition) is 1. The van der Waals surface area contributed by atoms with Gasteiger partial charge in [0, 0.05) is 24.9 Å². The molecule has 0 bridgehead atoms. The van der Waals surface area contributed by atoms with Gasteiger partial charge in [-0.05, 0) is 51.5 Å². The number of aryl methyl sites for hydroxylation is 1. The first-order valence-electron chi connectivity index (χ1n) is 10.1. The number of pyridine rings is 1. The summed E-state index contributed by atoms with van der Waals surface area (Å²) in [5.74, 6) is 1.16. The number of aromatic nitrogens is 1. The summed E-state index contributed by atoms with van der Waals surface area (Å²) in [7, 11) is 1.75. The molecule has 0 amide bonds. The van der Waals surface area contributed by atoms with Crippen molar-refractivity contribution in [2.75, 3.05) is 25.5 Å². The molecule has 2 rings (SSSR count). The number of ether oxygens (including phenoxy) is 1. The Kier molecular flexibility index (Phi) is 10.6. The number of carbonyl (C=O) groups excluding carboxylic acids is 1. The Hall–Kier alpha value is -2.83. The predicted molar refractivity (Wildman–Crippen MR) is 122 cm³/mol. The number of nitrogens with zero attached hydrogens (tertiary/aromatic N) is 3. The van der Waals surface area contributed by atoms with Crippen LogP contribution in [0.2, 0.25) is 0 Å². The van der Waals surface area contributed by atoms with E-state index in [-0.39, 0.29) is 17.2 Å². The predicted octanol–water partition coefficient (Wildman–Crippen LogP) is 4.77. The highest BCUT2D eigenvalue weighted by molar-refractivity contribution is 5.77. The maximum atomic E-state index is 12.5. The van der Waals surface area contributed by atoms with Crippen molar-refractivity contribution in [1.82, 2.24) is 4.98 Å². The van der Waals surface area contributed by atoms with Crippen LogP contribution in [-0.4, -0.2) is 44.4 Å². The zero-order valence-electron chi connectivity index (χ0n) is 18.4. The first-order chi connectivity index (χ1) is 14.4. The lowest BCUT2D eigenvalue weighted by Gasteiger charge is -2.16. The molecular formula is C23H33FN4O2. The second-order valence-corrected chi connectivity index (χ2v) is 7.11. The SMILES string of the molecule is C=CC[C@]1(CO/C(C=NCC)=C(\CC)N=C)CC1C=O.CNc1cc(C)c(F)cn1. The average Bonchev–Trinajstić information content (AvgIpc) is 3.46. The van der Waals surface area contributed by atoms with Crippen LogP contribution in [-0.2, 0) is 9.53 Å². The third kappa shape index (κ3) is 7.21. The quantitative estimate of drug-likeness (QED) is 0.244. The largest absolute Gasteiger partial charge is 0.489 e. The molecular weight excluding hydrogens is 383 g/mol. The van der Waals surface area contributed by atoms with E-state index < -0.39 is 0 Å². The van der Waals surface area contributed by atoms with Crippen LogP contribution in [0.25, 0.3) is 0 Å². The van der Waals surface area contributed by atoms with Crippen molar-refractivity contribution in [2.24, 2.45) is 21.3 Å².